The second-order valence-corrected chi connectivity index (χ2v) is 7.03. The molecule has 27 heavy (non-hydrogen) atoms. The molecule has 4 rings (SSSR count). The topological polar surface area (TPSA) is 41.1 Å². The molecule has 0 fully saturated rings. The predicted molar refractivity (Wildman–Crippen MR) is 107 cm³/mol. The van der Waals surface area contributed by atoms with Crippen molar-refractivity contribution in [3.8, 4) is 0 Å². The number of rotatable bonds is 3. The zero-order valence-electron chi connectivity index (χ0n) is 15.8. The molecule has 1 aromatic heterocycles. The molecule has 5 heteroatoms. The third-order valence-electron chi connectivity index (χ3n) is 5.34. The molecule has 2 heterocycles. The first kappa shape index (κ1) is 17.5. The Labute approximate surface area is 159 Å². The van der Waals surface area contributed by atoms with Gasteiger partial charge in [-0.3, -0.25) is 0 Å². The fourth-order valence-electron chi connectivity index (χ4n) is 3.58. The number of fused-ring (bicyclic) bond motifs is 1. The summed E-state index contributed by atoms with van der Waals surface area (Å²) < 4.78 is 13.2. The van der Waals surface area contributed by atoms with Crippen LogP contribution in [0.15, 0.2) is 48.5 Å². The van der Waals surface area contributed by atoms with Crippen molar-refractivity contribution in [2.75, 3.05) is 16.8 Å². The van der Waals surface area contributed by atoms with E-state index in [0.717, 1.165) is 41.7 Å². The minimum Gasteiger partial charge on any atom is -0.340 e. The normalized spacial score (nSPS) is 16.1. The van der Waals surface area contributed by atoms with Gasteiger partial charge in [-0.05, 0) is 62.6 Å². The summed E-state index contributed by atoms with van der Waals surface area (Å²) in [5, 5.41) is 3.31. The average Bonchev–Trinajstić information content (AvgIpc) is 2.67. The molecule has 0 radical (unpaired) electrons. The SMILES string of the molecule is Cc1nc(N2CCc3ccccc3[C@@H]2C)nc(Nc2ccc(F)cc2)c1C. The lowest BCUT2D eigenvalue weighted by molar-refractivity contribution is 0.607. The molecule has 4 nitrogen and oxygen atoms in total. The van der Waals surface area contributed by atoms with Crippen molar-refractivity contribution in [3.63, 3.8) is 0 Å². The Bertz CT molecular complexity index is 969. The highest BCUT2D eigenvalue weighted by molar-refractivity contribution is 5.61. The van der Waals surface area contributed by atoms with Crippen molar-refractivity contribution in [2.24, 2.45) is 0 Å². The van der Waals surface area contributed by atoms with E-state index in [0.29, 0.717) is 0 Å². The smallest absolute Gasteiger partial charge is 0.228 e. The number of hydrogen-bond donors (Lipinski definition) is 1. The van der Waals surface area contributed by atoms with Gasteiger partial charge >= 0.3 is 0 Å². The molecular weight excluding hydrogens is 339 g/mol. The van der Waals surface area contributed by atoms with E-state index in [1.807, 2.05) is 13.8 Å². The molecule has 3 aromatic rings. The number of hydrogen-bond acceptors (Lipinski definition) is 4. The number of aromatic nitrogens is 2. The molecule has 0 spiro atoms. The lowest BCUT2D eigenvalue weighted by atomic mass is 9.94. The highest BCUT2D eigenvalue weighted by Gasteiger charge is 2.26. The summed E-state index contributed by atoms with van der Waals surface area (Å²) >= 11 is 0. The van der Waals surface area contributed by atoms with Crippen molar-refractivity contribution in [2.45, 2.75) is 33.2 Å². The van der Waals surface area contributed by atoms with Gasteiger partial charge < -0.3 is 10.2 Å². The summed E-state index contributed by atoms with van der Waals surface area (Å²) in [6.45, 7) is 7.08. The van der Waals surface area contributed by atoms with Crippen LogP contribution in [0.3, 0.4) is 0 Å². The van der Waals surface area contributed by atoms with Gasteiger partial charge in [0.15, 0.2) is 0 Å². The molecule has 1 N–H and O–H groups in total. The zero-order chi connectivity index (χ0) is 19.0. The molecule has 0 aliphatic carbocycles. The predicted octanol–water partition coefficient (Wildman–Crippen LogP) is 5.10. The first-order chi connectivity index (χ1) is 13.0. The molecule has 0 saturated heterocycles. The number of nitrogens with one attached hydrogen (secondary N) is 1. The zero-order valence-corrected chi connectivity index (χ0v) is 15.8. The van der Waals surface area contributed by atoms with Crippen LogP contribution >= 0.6 is 0 Å². The van der Waals surface area contributed by atoms with Crippen LogP contribution in [0.1, 0.15) is 35.3 Å². The van der Waals surface area contributed by atoms with Gasteiger partial charge in [0.2, 0.25) is 5.95 Å². The summed E-state index contributed by atoms with van der Waals surface area (Å²) in [7, 11) is 0. The molecule has 1 aliphatic heterocycles. The van der Waals surface area contributed by atoms with Crippen LogP contribution in [0, 0.1) is 19.7 Å². The summed E-state index contributed by atoms with van der Waals surface area (Å²) in [5.41, 5.74) is 5.47. The molecular formula is C22H23FN4. The maximum absolute atomic E-state index is 13.2. The van der Waals surface area contributed by atoms with Crippen LogP contribution in [0.2, 0.25) is 0 Å². The Balaban J connectivity index is 1.68. The number of halogens is 1. The van der Waals surface area contributed by atoms with E-state index in [2.05, 4.69) is 41.4 Å². The standard InChI is InChI=1S/C22H23FN4/c1-14-15(2)24-22(26-21(14)25-19-10-8-18(23)9-11-19)27-13-12-17-6-4-5-7-20(17)16(27)3/h4-11,16H,12-13H2,1-3H3,(H,24,25,26)/t16-/m0/s1. The number of anilines is 3. The van der Waals surface area contributed by atoms with E-state index >= 15 is 0 Å². The summed E-state index contributed by atoms with van der Waals surface area (Å²) in [4.78, 5) is 11.8. The minimum atomic E-state index is -0.252. The van der Waals surface area contributed by atoms with Crippen LogP contribution in [-0.4, -0.2) is 16.5 Å². The first-order valence-corrected chi connectivity index (χ1v) is 9.25. The molecule has 0 bridgehead atoms. The Morgan fingerprint density at radius 3 is 2.56 bits per heavy atom. The van der Waals surface area contributed by atoms with Crippen LogP contribution in [0.25, 0.3) is 0 Å². The quantitative estimate of drug-likeness (QED) is 0.704. The largest absolute Gasteiger partial charge is 0.340 e. The molecule has 2 aromatic carbocycles. The molecule has 1 atom stereocenters. The maximum atomic E-state index is 13.2. The molecule has 0 unspecified atom stereocenters. The Morgan fingerprint density at radius 1 is 1.04 bits per heavy atom. The van der Waals surface area contributed by atoms with Gasteiger partial charge in [-0.2, -0.15) is 4.98 Å². The van der Waals surface area contributed by atoms with Crippen LogP contribution in [0.4, 0.5) is 21.8 Å². The lowest BCUT2D eigenvalue weighted by Gasteiger charge is -2.35. The van der Waals surface area contributed by atoms with Gasteiger partial charge in [-0.25, -0.2) is 9.37 Å². The van der Waals surface area contributed by atoms with Gasteiger partial charge in [-0.15, -0.1) is 0 Å². The highest BCUT2D eigenvalue weighted by atomic mass is 19.1. The van der Waals surface area contributed by atoms with Crippen LogP contribution < -0.4 is 10.2 Å². The van der Waals surface area contributed by atoms with Gasteiger partial charge in [0, 0.05) is 23.5 Å². The Hall–Kier alpha value is -2.95. The van der Waals surface area contributed by atoms with Gasteiger partial charge in [-0.1, -0.05) is 24.3 Å². The van der Waals surface area contributed by atoms with E-state index in [1.54, 1.807) is 12.1 Å². The van der Waals surface area contributed by atoms with Crippen molar-refractivity contribution < 1.29 is 4.39 Å². The molecule has 0 amide bonds. The van der Waals surface area contributed by atoms with Gasteiger partial charge in [0.05, 0.1) is 6.04 Å². The van der Waals surface area contributed by atoms with Crippen molar-refractivity contribution in [1.82, 2.24) is 9.97 Å². The fraction of sp³-hybridized carbons (Fsp3) is 0.273. The van der Waals surface area contributed by atoms with Crippen molar-refractivity contribution in [3.05, 3.63) is 76.7 Å². The van der Waals surface area contributed by atoms with E-state index in [9.17, 15) is 4.39 Å². The van der Waals surface area contributed by atoms with Crippen LogP contribution in [0.5, 0.6) is 0 Å². The summed E-state index contributed by atoms with van der Waals surface area (Å²) in [6, 6.07) is 15.1. The highest BCUT2D eigenvalue weighted by Crippen LogP contribution is 2.33. The molecule has 1 aliphatic rings. The Morgan fingerprint density at radius 2 is 1.78 bits per heavy atom. The van der Waals surface area contributed by atoms with Crippen LogP contribution in [-0.2, 0) is 6.42 Å². The van der Waals surface area contributed by atoms with Gasteiger partial charge in [0.25, 0.3) is 0 Å². The van der Waals surface area contributed by atoms with E-state index in [1.165, 1.54) is 23.3 Å². The average molecular weight is 362 g/mol. The van der Waals surface area contributed by atoms with Crippen molar-refractivity contribution >= 4 is 17.5 Å². The number of aryl methyl sites for hydroxylation is 1. The fourth-order valence-corrected chi connectivity index (χ4v) is 3.58. The second-order valence-electron chi connectivity index (χ2n) is 7.03. The second kappa shape index (κ2) is 6.99. The number of nitrogens with zero attached hydrogens (tertiary/aromatic N) is 3. The first-order valence-electron chi connectivity index (χ1n) is 9.25. The lowest BCUT2D eigenvalue weighted by Crippen LogP contribution is -2.35. The van der Waals surface area contributed by atoms with E-state index < -0.39 is 0 Å². The molecule has 138 valence electrons. The third kappa shape index (κ3) is 3.37. The summed E-state index contributed by atoms with van der Waals surface area (Å²) in [6.07, 6.45) is 0.984. The van der Waals surface area contributed by atoms with Gasteiger partial charge in [0.1, 0.15) is 11.6 Å². The monoisotopic (exact) mass is 362 g/mol. The maximum Gasteiger partial charge on any atom is 0.228 e. The van der Waals surface area contributed by atoms with E-state index in [4.69, 9.17) is 9.97 Å². The third-order valence-corrected chi connectivity index (χ3v) is 5.34. The number of benzene rings is 2. The minimum absolute atomic E-state index is 0.218. The van der Waals surface area contributed by atoms with E-state index in [-0.39, 0.29) is 11.9 Å². The molecule has 0 saturated carbocycles. The van der Waals surface area contributed by atoms with Crippen molar-refractivity contribution in [1.29, 1.82) is 0 Å². The Kier molecular flexibility index (Phi) is 4.52. The summed E-state index contributed by atoms with van der Waals surface area (Å²) in [5.74, 6) is 1.23.